The molecule has 3 N–H and O–H groups in total. The molecule has 4 aliphatic rings. The van der Waals surface area contributed by atoms with Gasteiger partial charge in [0, 0.05) is 35.4 Å². The number of aromatic amines is 2. The second-order valence-electron chi connectivity index (χ2n) is 14.4. The van der Waals surface area contributed by atoms with E-state index in [0.717, 1.165) is 19.3 Å². The number of hydrogen-bond acceptors (Lipinski definition) is 6. The first-order valence-electron chi connectivity index (χ1n) is 15.2. The third-order valence-corrected chi connectivity index (χ3v) is 15.9. The first-order chi connectivity index (χ1) is 20.0. The van der Waals surface area contributed by atoms with Gasteiger partial charge in [-0.3, -0.25) is 28.7 Å². The van der Waals surface area contributed by atoms with Crippen LogP contribution >= 0.6 is 0 Å². The van der Waals surface area contributed by atoms with E-state index in [0.29, 0.717) is 6.42 Å². The van der Waals surface area contributed by atoms with Gasteiger partial charge >= 0.3 is 11.4 Å². The maximum Gasteiger partial charge on any atom is 0.328 e. The van der Waals surface area contributed by atoms with Crippen LogP contribution in [-0.4, -0.2) is 57.1 Å². The summed E-state index contributed by atoms with van der Waals surface area (Å²) >= 11 is 0. The van der Waals surface area contributed by atoms with E-state index in [1.54, 1.807) is 0 Å². The number of rotatable bonds is 6. The molecule has 2 aromatic heterocycles. The number of nitrogens with one attached hydrogen (secondary N) is 2. The highest BCUT2D eigenvalue weighted by Gasteiger charge is 2.73. The van der Waals surface area contributed by atoms with Crippen LogP contribution in [0.5, 0.6) is 0 Å². The minimum atomic E-state index is -2.13. The first-order valence-corrected chi connectivity index (χ1v) is 18.1. The van der Waals surface area contributed by atoms with Crippen LogP contribution in [0.25, 0.3) is 0 Å². The number of aromatic nitrogens is 4. The maximum absolute atomic E-state index is 15.5. The number of alkyl halides is 2. The van der Waals surface area contributed by atoms with Crippen molar-refractivity contribution in [1.82, 2.24) is 19.1 Å². The van der Waals surface area contributed by atoms with Gasteiger partial charge in [-0.25, -0.2) is 18.4 Å². The Bertz CT molecular complexity index is 1610. The van der Waals surface area contributed by atoms with E-state index in [2.05, 4.69) is 50.8 Å². The van der Waals surface area contributed by atoms with Gasteiger partial charge in [-0.2, -0.15) is 0 Å². The summed E-state index contributed by atoms with van der Waals surface area (Å²) in [5.74, 6) is 0.0713. The molecule has 10 nitrogen and oxygen atoms in total. The number of halogens is 2. The Morgan fingerprint density at radius 1 is 0.884 bits per heavy atom. The monoisotopic (exact) mass is 622 g/mol. The van der Waals surface area contributed by atoms with Crippen molar-refractivity contribution in [3.05, 3.63) is 66.2 Å². The van der Waals surface area contributed by atoms with E-state index in [-0.39, 0.29) is 27.7 Å². The Hall–Kier alpha value is -2.64. The fraction of sp³-hybridized carbons (Fsp3) is 0.733. The van der Waals surface area contributed by atoms with Crippen LogP contribution in [0.3, 0.4) is 0 Å². The average molecular weight is 623 g/mol. The topological polar surface area (TPSA) is 139 Å². The smallest absolute Gasteiger partial charge is 0.328 e. The molecule has 13 heteroatoms. The molecule has 0 saturated heterocycles. The van der Waals surface area contributed by atoms with Gasteiger partial charge in [-0.1, -0.05) is 34.6 Å². The van der Waals surface area contributed by atoms with Gasteiger partial charge in [0.05, 0.1) is 24.3 Å². The van der Waals surface area contributed by atoms with Gasteiger partial charge in [-0.15, -0.1) is 0 Å². The predicted molar refractivity (Wildman–Crippen MR) is 160 cm³/mol. The second-order valence-corrected chi connectivity index (χ2v) is 19.2. The van der Waals surface area contributed by atoms with Crippen molar-refractivity contribution in [1.29, 1.82) is 0 Å². The van der Waals surface area contributed by atoms with E-state index in [9.17, 15) is 28.7 Å². The normalized spacial score (nSPS) is 37.7. The number of H-pyrrole nitrogens is 2. The molecule has 4 saturated carbocycles. The van der Waals surface area contributed by atoms with Gasteiger partial charge in [0.1, 0.15) is 12.3 Å². The molecule has 238 valence electrons. The van der Waals surface area contributed by atoms with Crippen LogP contribution in [0.1, 0.15) is 72.4 Å². The molecular weight excluding hydrogens is 578 g/mol. The lowest BCUT2D eigenvalue weighted by molar-refractivity contribution is 0.0286. The number of aliphatic hydroxyl groups excluding tert-OH is 1. The highest BCUT2D eigenvalue weighted by molar-refractivity contribution is 6.74. The van der Waals surface area contributed by atoms with Crippen LogP contribution < -0.4 is 22.5 Å². The summed E-state index contributed by atoms with van der Waals surface area (Å²) in [5, 5.41) is 9.97. The number of aliphatic hydroxyl groups is 1. The Morgan fingerprint density at radius 3 is 1.74 bits per heavy atom. The minimum Gasteiger partial charge on any atom is -0.410 e. The van der Waals surface area contributed by atoms with Crippen molar-refractivity contribution in [2.75, 3.05) is 0 Å². The number of hydrogen-bond donors (Lipinski definition) is 3. The van der Waals surface area contributed by atoms with Gasteiger partial charge < -0.3 is 9.53 Å². The zero-order chi connectivity index (χ0) is 31.9. The summed E-state index contributed by atoms with van der Waals surface area (Å²) in [4.78, 5) is 50.6. The lowest BCUT2D eigenvalue weighted by Gasteiger charge is -2.41. The molecule has 0 unspecified atom stereocenters. The van der Waals surface area contributed by atoms with E-state index in [4.69, 9.17) is 4.43 Å². The van der Waals surface area contributed by atoms with Crippen molar-refractivity contribution in [2.24, 2.45) is 22.7 Å². The van der Waals surface area contributed by atoms with Crippen LogP contribution in [-0.2, 0) is 4.43 Å². The van der Waals surface area contributed by atoms with Crippen molar-refractivity contribution in [3.63, 3.8) is 0 Å². The molecule has 6 rings (SSSR count). The largest absolute Gasteiger partial charge is 0.410 e. The summed E-state index contributed by atoms with van der Waals surface area (Å²) < 4.78 is 38.7. The van der Waals surface area contributed by atoms with Crippen LogP contribution in [0.4, 0.5) is 8.78 Å². The van der Waals surface area contributed by atoms with E-state index in [1.165, 1.54) is 33.7 Å². The third kappa shape index (κ3) is 4.95. The summed E-state index contributed by atoms with van der Waals surface area (Å²) in [6.07, 6.45) is 1.70. The Morgan fingerprint density at radius 2 is 1.33 bits per heavy atom. The summed E-state index contributed by atoms with van der Waals surface area (Å²) in [5.41, 5.74) is -2.66. The molecule has 0 spiro atoms. The molecule has 0 bridgehead atoms. The minimum absolute atomic E-state index is 0.00105. The fourth-order valence-electron chi connectivity index (χ4n) is 7.65. The molecule has 0 amide bonds. The average Bonchev–Trinajstić information content (AvgIpc) is 3.80. The fourth-order valence-corrected chi connectivity index (χ4v) is 9.01. The molecule has 43 heavy (non-hydrogen) atoms. The third-order valence-electron chi connectivity index (χ3n) is 11.5. The van der Waals surface area contributed by atoms with Crippen molar-refractivity contribution in [3.8, 4) is 0 Å². The standard InChI is InChI=1S/C18H29FN2O3Si.C12H15FN2O3/c1-7-18-10-11(18)14(21-9-8-12(22)20-16(21)23)13(19)15(18)24-25(5,6)17(2,3)4;1-2-12-5-6(12)9(8(13)10(12)17)15-4-3-7(16)14-11(15)18/h8-9,11,13-15H,7,10H2,1-6H3,(H,20,22,23);3-4,6,8-10,17H,2,5H2,1H3,(H,14,16,18)/t11-,13+,14-,15+,18-;6-,8+,9-,10+,12-/m11/s1. The van der Waals surface area contributed by atoms with Crippen molar-refractivity contribution >= 4 is 8.32 Å². The molecule has 10 atom stereocenters. The predicted octanol–water partition coefficient (Wildman–Crippen LogP) is 3.44. The van der Waals surface area contributed by atoms with Crippen molar-refractivity contribution in [2.45, 2.75) is 115 Å². The molecule has 2 heterocycles. The van der Waals surface area contributed by atoms with Gasteiger partial charge in [0.2, 0.25) is 0 Å². The van der Waals surface area contributed by atoms with E-state index < -0.39 is 67.5 Å². The van der Waals surface area contributed by atoms with Crippen molar-refractivity contribution < 1.29 is 18.3 Å². The molecule has 4 aliphatic carbocycles. The summed E-state index contributed by atoms with van der Waals surface area (Å²) in [6, 6.07) is 1.27. The molecule has 2 aromatic rings. The second kappa shape index (κ2) is 10.5. The van der Waals surface area contributed by atoms with Crippen LogP contribution in [0.15, 0.2) is 43.7 Å². The molecule has 0 aromatic carbocycles. The zero-order valence-corrected chi connectivity index (χ0v) is 26.9. The lowest BCUT2D eigenvalue weighted by Crippen LogP contribution is -2.49. The molecule has 0 radical (unpaired) electrons. The van der Waals surface area contributed by atoms with Gasteiger partial charge in [0.25, 0.3) is 11.1 Å². The summed E-state index contributed by atoms with van der Waals surface area (Å²) in [7, 11) is -2.13. The highest BCUT2D eigenvalue weighted by atomic mass is 28.4. The Kier molecular flexibility index (Phi) is 7.74. The Balaban J connectivity index is 0.000000180. The zero-order valence-electron chi connectivity index (χ0n) is 25.9. The number of nitrogens with zero attached hydrogens (tertiary/aromatic N) is 2. The van der Waals surface area contributed by atoms with E-state index >= 15 is 4.39 Å². The Labute approximate surface area is 249 Å². The summed E-state index contributed by atoms with van der Waals surface area (Å²) in [6.45, 7) is 14.7. The maximum atomic E-state index is 15.5. The van der Waals surface area contributed by atoms with E-state index in [1.807, 2.05) is 6.92 Å². The lowest BCUT2D eigenvalue weighted by atomic mass is 9.97. The highest BCUT2D eigenvalue weighted by Crippen LogP contribution is 2.71. The van der Waals surface area contributed by atoms with Gasteiger partial charge in [-0.05, 0) is 55.7 Å². The first kappa shape index (κ1) is 31.8. The van der Waals surface area contributed by atoms with Crippen LogP contribution in [0.2, 0.25) is 18.1 Å². The molecule has 0 aliphatic heterocycles. The quantitative estimate of drug-likeness (QED) is 0.422. The molecule has 4 fully saturated rings. The molecular formula is C30H44F2N4O6Si. The SMILES string of the molecule is CC[C@@]12C[C@@H]1[C@@H](n1ccc(=O)[nH]c1=O)[C@H](F)[C@@H]2O.CC[C@@]12C[C@@H]1[C@@H](n1ccc(=O)[nH]c1=O)[C@H](F)[C@@H]2O[Si](C)(C)C(C)(C)C. The van der Waals surface area contributed by atoms with Gasteiger partial charge in [0.15, 0.2) is 8.32 Å². The number of fused-ring (bicyclic) bond motifs is 2. The van der Waals surface area contributed by atoms with Crippen LogP contribution in [0, 0.1) is 22.7 Å².